The molecule has 4 rings (SSSR count). The standard InChI is InChI=1S/C27H36N6O5/c1-16(17-7-5-8-18(11-17)23(29)34)33-20-12-22(25(33)36)31(14-20)15-21(30-26(37)38-27(2,3)4)24(35)32-10-6-9-19(32)13-28/h5,7-8,11,16,19-22H,6,9-10,12,14-15H2,1-4H3,(H2,29,34)(H,30,37)/t16-,19+,20+,21+,22+/m1/s1. The van der Waals surface area contributed by atoms with E-state index in [2.05, 4.69) is 11.4 Å². The molecule has 3 fully saturated rings. The predicted octanol–water partition coefficient (Wildman–Crippen LogP) is 1.54. The summed E-state index contributed by atoms with van der Waals surface area (Å²) >= 11 is 0. The van der Waals surface area contributed by atoms with Crippen molar-refractivity contribution in [3.05, 3.63) is 35.4 Å². The van der Waals surface area contributed by atoms with Crippen LogP contribution in [-0.2, 0) is 14.3 Å². The maximum absolute atomic E-state index is 13.5. The van der Waals surface area contributed by atoms with E-state index in [0.29, 0.717) is 31.5 Å². The van der Waals surface area contributed by atoms with Gasteiger partial charge in [0.25, 0.3) is 0 Å². The first-order valence-electron chi connectivity index (χ1n) is 13.0. The highest BCUT2D eigenvalue weighted by atomic mass is 16.6. The number of alkyl carbamates (subject to hydrolysis) is 1. The highest BCUT2D eigenvalue weighted by Crippen LogP contribution is 2.38. The molecule has 2 bridgehead atoms. The normalized spacial score (nSPS) is 24.7. The lowest BCUT2D eigenvalue weighted by Crippen LogP contribution is -2.59. The van der Waals surface area contributed by atoms with Gasteiger partial charge in [-0.15, -0.1) is 0 Å². The molecule has 204 valence electrons. The number of hydrogen-bond acceptors (Lipinski definition) is 7. The number of carbonyl (C=O) groups is 4. The van der Waals surface area contributed by atoms with E-state index in [9.17, 15) is 24.4 Å². The molecule has 3 aliphatic heterocycles. The van der Waals surface area contributed by atoms with Crippen molar-refractivity contribution in [3.8, 4) is 6.07 Å². The Kier molecular flexibility index (Phi) is 7.65. The summed E-state index contributed by atoms with van der Waals surface area (Å²) in [6.07, 6.45) is 1.21. The average molecular weight is 525 g/mol. The molecular weight excluding hydrogens is 488 g/mol. The number of ether oxygens (including phenoxy) is 1. The molecule has 1 aromatic rings. The van der Waals surface area contributed by atoms with Gasteiger partial charge < -0.3 is 25.6 Å². The first kappa shape index (κ1) is 27.4. The number of amides is 4. The minimum absolute atomic E-state index is 0.0576. The fraction of sp³-hybridized carbons (Fsp3) is 0.593. The van der Waals surface area contributed by atoms with E-state index in [-0.39, 0.29) is 30.4 Å². The zero-order chi connectivity index (χ0) is 27.8. The fourth-order valence-corrected chi connectivity index (χ4v) is 5.75. The van der Waals surface area contributed by atoms with Crippen LogP contribution >= 0.6 is 0 Å². The number of benzene rings is 1. The van der Waals surface area contributed by atoms with Crippen LogP contribution in [0.4, 0.5) is 4.79 Å². The molecular formula is C27H36N6O5. The van der Waals surface area contributed by atoms with E-state index >= 15 is 0 Å². The average Bonchev–Trinajstić information content (AvgIpc) is 3.56. The molecule has 0 spiro atoms. The SMILES string of the molecule is C[C@H](c1cccc(C(N)=O)c1)N1C(=O)[C@@H]2C[C@H]1CN2C[C@H](NC(=O)OC(C)(C)C)C(=O)N1CCC[C@H]1C#N. The Morgan fingerprint density at radius 3 is 2.66 bits per heavy atom. The van der Waals surface area contributed by atoms with Crippen molar-refractivity contribution >= 4 is 23.8 Å². The first-order chi connectivity index (χ1) is 17.9. The van der Waals surface area contributed by atoms with Gasteiger partial charge in [-0.2, -0.15) is 5.26 Å². The third-order valence-corrected chi connectivity index (χ3v) is 7.48. The van der Waals surface area contributed by atoms with Crippen LogP contribution in [0, 0.1) is 11.3 Å². The van der Waals surface area contributed by atoms with Gasteiger partial charge >= 0.3 is 6.09 Å². The molecule has 0 saturated carbocycles. The lowest BCUT2D eigenvalue weighted by Gasteiger charge is -2.39. The van der Waals surface area contributed by atoms with Gasteiger partial charge in [-0.05, 0) is 64.7 Å². The summed E-state index contributed by atoms with van der Waals surface area (Å²) in [5.41, 5.74) is 5.90. The summed E-state index contributed by atoms with van der Waals surface area (Å²) in [6.45, 7) is 8.27. The Labute approximate surface area is 222 Å². The maximum Gasteiger partial charge on any atom is 0.408 e. The highest BCUT2D eigenvalue weighted by molar-refractivity contribution is 5.93. The lowest BCUT2D eigenvalue weighted by atomic mass is 10.0. The lowest BCUT2D eigenvalue weighted by molar-refractivity contribution is -0.141. The molecule has 1 aromatic carbocycles. The van der Waals surface area contributed by atoms with E-state index in [4.69, 9.17) is 10.5 Å². The topological polar surface area (TPSA) is 149 Å². The summed E-state index contributed by atoms with van der Waals surface area (Å²) < 4.78 is 5.39. The Bertz CT molecular complexity index is 1160. The first-order valence-corrected chi connectivity index (χ1v) is 13.0. The van der Waals surface area contributed by atoms with Crippen LogP contribution in [0.5, 0.6) is 0 Å². The van der Waals surface area contributed by atoms with E-state index in [1.165, 1.54) is 4.90 Å². The highest BCUT2D eigenvalue weighted by Gasteiger charge is 2.52. The van der Waals surface area contributed by atoms with Gasteiger partial charge in [0.15, 0.2) is 0 Å². The molecule has 0 aromatic heterocycles. The van der Waals surface area contributed by atoms with Crippen molar-refractivity contribution < 1.29 is 23.9 Å². The minimum Gasteiger partial charge on any atom is -0.444 e. The van der Waals surface area contributed by atoms with Gasteiger partial charge in [-0.3, -0.25) is 19.3 Å². The number of hydrogen-bond donors (Lipinski definition) is 2. The second-order valence-electron chi connectivity index (χ2n) is 11.3. The van der Waals surface area contributed by atoms with E-state index in [1.807, 2.05) is 22.8 Å². The van der Waals surface area contributed by atoms with Gasteiger partial charge in [0.1, 0.15) is 17.7 Å². The van der Waals surface area contributed by atoms with Crippen LogP contribution in [0.25, 0.3) is 0 Å². The van der Waals surface area contributed by atoms with Gasteiger partial charge in [0.2, 0.25) is 17.7 Å². The van der Waals surface area contributed by atoms with Crippen molar-refractivity contribution in [2.24, 2.45) is 5.73 Å². The summed E-state index contributed by atoms with van der Waals surface area (Å²) in [7, 11) is 0. The third-order valence-electron chi connectivity index (χ3n) is 7.48. The number of nitrogens with two attached hydrogens (primary N) is 1. The summed E-state index contributed by atoms with van der Waals surface area (Å²) in [6, 6.07) is 6.91. The number of nitrogens with one attached hydrogen (secondary N) is 1. The van der Waals surface area contributed by atoms with Crippen LogP contribution in [0.2, 0.25) is 0 Å². The minimum atomic E-state index is -0.955. The Hall–Kier alpha value is -3.65. The molecule has 0 unspecified atom stereocenters. The molecule has 4 amide bonds. The summed E-state index contributed by atoms with van der Waals surface area (Å²) in [5, 5.41) is 12.2. The van der Waals surface area contributed by atoms with Gasteiger partial charge in [0.05, 0.1) is 18.2 Å². The summed E-state index contributed by atoms with van der Waals surface area (Å²) in [5.74, 6) is -0.925. The number of likely N-dealkylation sites (tertiary alicyclic amines) is 3. The van der Waals surface area contributed by atoms with Crippen molar-refractivity contribution in [3.63, 3.8) is 0 Å². The van der Waals surface area contributed by atoms with Gasteiger partial charge in [0, 0.05) is 31.2 Å². The maximum atomic E-state index is 13.5. The molecule has 38 heavy (non-hydrogen) atoms. The van der Waals surface area contributed by atoms with E-state index in [1.54, 1.807) is 39.0 Å². The van der Waals surface area contributed by atoms with Gasteiger partial charge in [-0.1, -0.05) is 12.1 Å². The monoisotopic (exact) mass is 524 g/mol. The van der Waals surface area contributed by atoms with Crippen molar-refractivity contribution in [2.75, 3.05) is 19.6 Å². The zero-order valence-corrected chi connectivity index (χ0v) is 22.3. The molecule has 5 atom stereocenters. The van der Waals surface area contributed by atoms with Crippen LogP contribution < -0.4 is 11.1 Å². The summed E-state index contributed by atoms with van der Waals surface area (Å²) in [4.78, 5) is 56.5. The Balaban J connectivity index is 1.49. The zero-order valence-electron chi connectivity index (χ0n) is 22.3. The van der Waals surface area contributed by atoms with Gasteiger partial charge in [-0.25, -0.2) is 4.79 Å². The number of primary amides is 1. The molecule has 0 aliphatic carbocycles. The Morgan fingerprint density at radius 2 is 2.03 bits per heavy atom. The van der Waals surface area contributed by atoms with Crippen LogP contribution in [0.1, 0.15) is 68.9 Å². The van der Waals surface area contributed by atoms with Crippen LogP contribution in [-0.4, -0.2) is 87.9 Å². The van der Waals surface area contributed by atoms with Crippen LogP contribution in [0.3, 0.4) is 0 Å². The third kappa shape index (κ3) is 5.60. The quantitative estimate of drug-likeness (QED) is 0.549. The molecule has 3 aliphatic rings. The fourth-order valence-electron chi connectivity index (χ4n) is 5.75. The predicted molar refractivity (Wildman–Crippen MR) is 137 cm³/mol. The molecule has 11 heteroatoms. The van der Waals surface area contributed by atoms with Crippen LogP contribution in [0.15, 0.2) is 24.3 Å². The van der Waals surface area contributed by atoms with Crippen molar-refractivity contribution in [1.29, 1.82) is 5.26 Å². The molecule has 3 N–H and O–H groups in total. The molecule has 3 heterocycles. The second kappa shape index (κ2) is 10.6. The van der Waals surface area contributed by atoms with Crippen molar-refractivity contribution in [2.45, 2.75) is 82.8 Å². The second-order valence-corrected chi connectivity index (χ2v) is 11.3. The Morgan fingerprint density at radius 1 is 1.29 bits per heavy atom. The number of piperazine rings is 1. The van der Waals surface area contributed by atoms with Crippen molar-refractivity contribution in [1.82, 2.24) is 20.0 Å². The number of fused-ring (bicyclic) bond motifs is 2. The number of rotatable bonds is 7. The molecule has 3 saturated heterocycles. The number of carbonyl (C=O) groups excluding carboxylic acids is 4. The van der Waals surface area contributed by atoms with E-state index < -0.39 is 35.7 Å². The number of nitriles is 1. The largest absolute Gasteiger partial charge is 0.444 e. The molecule has 0 radical (unpaired) electrons. The number of nitrogens with zero attached hydrogens (tertiary/aromatic N) is 4. The smallest absolute Gasteiger partial charge is 0.408 e. The van der Waals surface area contributed by atoms with E-state index in [0.717, 1.165) is 12.0 Å². The molecule has 11 nitrogen and oxygen atoms in total.